The van der Waals surface area contributed by atoms with Crippen LogP contribution >= 0.6 is 11.3 Å². The maximum Gasteiger partial charge on any atom is 0.407 e. The van der Waals surface area contributed by atoms with E-state index < -0.39 is 24.3 Å². The largest absolute Gasteiger partial charge is 0.453 e. The van der Waals surface area contributed by atoms with Crippen molar-refractivity contribution in [2.45, 2.75) is 63.7 Å². The van der Waals surface area contributed by atoms with Gasteiger partial charge in [-0.05, 0) is 65.8 Å². The SMILES string of the molecule is COC(=O)N[C@H](C(=O)N1CCC[C@H]1c1ncc(-c2ccc(-c3cc4ccc(-c5cnc([C@@H]6CCCN6C(=O)[C@H](NC(=O)OC)c6ccccc6)[nH]5)cc4s3)cc2)[nH]1)C(C)C. The number of benzene rings is 3. The number of methoxy groups -OCH3 is 2. The zero-order valence-electron chi connectivity index (χ0n) is 33.9. The lowest BCUT2D eigenvalue weighted by Gasteiger charge is -2.30. The molecule has 14 nitrogen and oxygen atoms in total. The summed E-state index contributed by atoms with van der Waals surface area (Å²) in [5.41, 5.74) is 5.48. The fourth-order valence-electron chi connectivity index (χ4n) is 8.24. The lowest BCUT2D eigenvalue weighted by molar-refractivity contribution is -0.135. The number of rotatable bonds is 11. The number of carbonyl (C=O) groups is 4. The number of hydrogen-bond acceptors (Lipinski definition) is 9. The minimum Gasteiger partial charge on any atom is -0.453 e. The first-order valence-corrected chi connectivity index (χ1v) is 21.0. The van der Waals surface area contributed by atoms with Crippen molar-refractivity contribution in [1.29, 1.82) is 0 Å². The number of nitrogens with one attached hydrogen (secondary N) is 4. The molecule has 3 aromatic carbocycles. The Balaban J connectivity index is 0.953. The Kier molecular flexibility index (Phi) is 11.7. The van der Waals surface area contributed by atoms with Gasteiger partial charge < -0.3 is 39.9 Å². The fourth-order valence-corrected chi connectivity index (χ4v) is 9.35. The number of amides is 4. The van der Waals surface area contributed by atoms with Crippen LogP contribution in [0.3, 0.4) is 0 Å². The lowest BCUT2D eigenvalue weighted by Crippen LogP contribution is -2.51. The molecule has 2 aliphatic rings. The molecule has 60 heavy (non-hydrogen) atoms. The number of nitrogens with zero attached hydrogens (tertiary/aromatic N) is 4. The number of alkyl carbamates (subject to hydrolysis) is 2. The van der Waals surface area contributed by atoms with Gasteiger partial charge in [-0.1, -0.05) is 80.6 Å². The number of ether oxygens (including phenoxy) is 2. The molecule has 2 aliphatic heterocycles. The highest BCUT2D eigenvalue weighted by Gasteiger charge is 2.39. The molecule has 0 spiro atoms. The highest BCUT2D eigenvalue weighted by Crippen LogP contribution is 2.39. The summed E-state index contributed by atoms with van der Waals surface area (Å²) < 4.78 is 10.7. The van der Waals surface area contributed by atoms with E-state index in [0.717, 1.165) is 74.5 Å². The van der Waals surface area contributed by atoms with E-state index >= 15 is 0 Å². The van der Waals surface area contributed by atoms with Crippen LogP contribution in [0.5, 0.6) is 0 Å². The molecular formula is C45H48N8O6S. The monoisotopic (exact) mass is 828 g/mol. The molecule has 0 saturated carbocycles. The van der Waals surface area contributed by atoms with Gasteiger partial charge in [0.2, 0.25) is 5.91 Å². The number of H-pyrrole nitrogens is 2. The first-order chi connectivity index (χ1) is 29.1. The highest BCUT2D eigenvalue weighted by molar-refractivity contribution is 7.22. The van der Waals surface area contributed by atoms with Crippen LogP contribution in [0.2, 0.25) is 0 Å². The molecule has 0 bridgehead atoms. The number of aromatic amines is 2. The Morgan fingerprint density at radius 1 is 0.717 bits per heavy atom. The first kappa shape index (κ1) is 40.3. The van der Waals surface area contributed by atoms with Crippen molar-refractivity contribution < 1.29 is 28.7 Å². The van der Waals surface area contributed by atoms with Crippen molar-refractivity contribution >= 4 is 45.4 Å². The van der Waals surface area contributed by atoms with Crippen molar-refractivity contribution in [3.8, 4) is 33.0 Å². The Bertz CT molecular complexity index is 2500. The van der Waals surface area contributed by atoms with Crippen molar-refractivity contribution in [3.63, 3.8) is 0 Å². The Labute approximate surface area is 351 Å². The molecule has 2 fully saturated rings. The van der Waals surface area contributed by atoms with E-state index in [-0.39, 0.29) is 29.8 Å². The molecule has 0 radical (unpaired) electrons. The van der Waals surface area contributed by atoms with E-state index in [1.807, 2.05) is 61.5 Å². The van der Waals surface area contributed by atoms with E-state index in [1.165, 1.54) is 14.2 Å². The van der Waals surface area contributed by atoms with E-state index in [2.05, 4.69) is 69.1 Å². The number of fused-ring (bicyclic) bond motifs is 1. The zero-order chi connectivity index (χ0) is 41.9. The summed E-state index contributed by atoms with van der Waals surface area (Å²) in [6, 6.07) is 24.1. The maximum atomic E-state index is 14.0. The Hall–Kier alpha value is -6.48. The summed E-state index contributed by atoms with van der Waals surface area (Å²) in [5, 5.41) is 6.56. The van der Waals surface area contributed by atoms with Gasteiger partial charge in [0.05, 0.1) is 50.1 Å². The lowest BCUT2D eigenvalue weighted by atomic mass is 10.0. The highest BCUT2D eigenvalue weighted by atomic mass is 32.1. The van der Waals surface area contributed by atoms with Gasteiger partial charge in [0.25, 0.3) is 5.91 Å². The molecule has 4 N–H and O–H groups in total. The van der Waals surface area contributed by atoms with Gasteiger partial charge >= 0.3 is 12.2 Å². The molecule has 5 heterocycles. The summed E-state index contributed by atoms with van der Waals surface area (Å²) in [6.07, 6.45) is 5.54. The van der Waals surface area contributed by atoms with E-state index in [0.29, 0.717) is 24.5 Å². The van der Waals surface area contributed by atoms with Gasteiger partial charge in [0, 0.05) is 28.2 Å². The van der Waals surface area contributed by atoms with Crippen LogP contribution in [0, 0.1) is 5.92 Å². The van der Waals surface area contributed by atoms with Crippen molar-refractivity contribution in [2.24, 2.45) is 5.92 Å². The normalized spacial score (nSPS) is 17.5. The Morgan fingerprint density at radius 3 is 1.90 bits per heavy atom. The second kappa shape index (κ2) is 17.4. The van der Waals surface area contributed by atoms with Gasteiger partial charge in [-0.25, -0.2) is 19.6 Å². The van der Waals surface area contributed by atoms with Crippen LogP contribution in [-0.2, 0) is 19.1 Å². The average molecular weight is 829 g/mol. The van der Waals surface area contributed by atoms with Crippen LogP contribution in [0.4, 0.5) is 9.59 Å². The van der Waals surface area contributed by atoms with Crippen LogP contribution in [0.15, 0.2) is 91.3 Å². The molecule has 15 heteroatoms. The first-order valence-electron chi connectivity index (χ1n) is 20.2. The van der Waals surface area contributed by atoms with E-state index in [4.69, 9.17) is 19.4 Å². The molecule has 0 aliphatic carbocycles. The van der Waals surface area contributed by atoms with Gasteiger partial charge in [-0.2, -0.15) is 0 Å². The van der Waals surface area contributed by atoms with Gasteiger partial charge in [0.15, 0.2) is 0 Å². The molecule has 0 unspecified atom stereocenters. The van der Waals surface area contributed by atoms with Gasteiger partial charge in [-0.15, -0.1) is 11.3 Å². The topological polar surface area (TPSA) is 175 Å². The Morgan fingerprint density at radius 2 is 1.28 bits per heavy atom. The zero-order valence-corrected chi connectivity index (χ0v) is 34.8. The van der Waals surface area contributed by atoms with Crippen LogP contribution in [-0.4, -0.2) is 87.1 Å². The fraction of sp³-hybridized carbons (Fsp3) is 0.333. The molecule has 310 valence electrons. The number of likely N-dealkylation sites (tertiary alicyclic amines) is 2. The van der Waals surface area contributed by atoms with Crippen LogP contribution < -0.4 is 10.6 Å². The summed E-state index contributed by atoms with van der Waals surface area (Å²) in [7, 11) is 2.57. The third-order valence-electron chi connectivity index (χ3n) is 11.4. The van der Waals surface area contributed by atoms with Crippen LogP contribution in [0.1, 0.15) is 74.9 Å². The quantitative estimate of drug-likeness (QED) is 0.101. The van der Waals surface area contributed by atoms with Crippen LogP contribution in [0.25, 0.3) is 43.0 Å². The summed E-state index contributed by atoms with van der Waals surface area (Å²) in [6.45, 7) is 4.95. The summed E-state index contributed by atoms with van der Waals surface area (Å²) in [4.78, 5) is 72.9. The van der Waals surface area contributed by atoms with Crippen molar-refractivity contribution in [2.75, 3.05) is 27.3 Å². The molecule has 4 amide bonds. The molecular weight excluding hydrogens is 781 g/mol. The third kappa shape index (κ3) is 8.21. The summed E-state index contributed by atoms with van der Waals surface area (Å²) in [5.74, 6) is 0.976. The molecule has 8 rings (SSSR count). The molecule has 6 aromatic rings. The summed E-state index contributed by atoms with van der Waals surface area (Å²) >= 11 is 1.71. The number of carbonyl (C=O) groups excluding carboxylic acids is 4. The van der Waals surface area contributed by atoms with E-state index in [1.54, 1.807) is 16.2 Å². The van der Waals surface area contributed by atoms with Crippen molar-refractivity contribution in [3.05, 3.63) is 108 Å². The third-order valence-corrected chi connectivity index (χ3v) is 12.6. The van der Waals surface area contributed by atoms with Crippen molar-refractivity contribution in [1.82, 2.24) is 40.4 Å². The predicted molar refractivity (Wildman–Crippen MR) is 229 cm³/mol. The number of hydrogen-bond donors (Lipinski definition) is 4. The van der Waals surface area contributed by atoms with E-state index in [9.17, 15) is 19.2 Å². The molecule has 2 saturated heterocycles. The molecule has 3 aromatic heterocycles. The second-order valence-electron chi connectivity index (χ2n) is 15.5. The number of aromatic nitrogens is 4. The number of thiophene rings is 1. The molecule has 4 atom stereocenters. The smallest absolute Gasteiger partial charge is 0.407 e. The second-order valence-corrected chi connectivity index (χ2v) is 16.6. The standard InChI is InChI=1S/C45H48N8O6S/c1-26(2)38(50-44(56)58-3)42(54)52-20-8-12-34(52)40-46-24-32(48-40)27-14-16-28(17-15-27)36-23-31-19-18-30(22-37(31)60-36)33-25-47-41(49-33)35-13-9-21-53(35)43(55)39(51-45(57)59-4)29-10-6-5-7-11-29/h5-7,10-11,14-19,22-26,34-35,38-39H,8-9,12-13,20-21H2,1-4H3,(H,46,48)(H,47,49)(H,50,56)(H,51,57)/t34-,35-,38-,39+/m0/s1. The minimum atomic E-state index is -0.881. The van der Waals surface area contributed by atoms with Gasteiger partial charge in [0.1, 0.15) is 23.7 Å². The average Bonchev–Trinajstić information content (AvgIpc) is 4.13. The minimum absolute atomic E-state index is 0.107. The number of imidazole rings is 2. The predicted octanol–water partition coefficient (Wildman–Crippen LogP) is 8.15. The van der Waals surface area contributed by atoms with Gasteiger partial charge in [-0.3, -0.25) is 9.59 Å². The maximum absolute atomic E-state index is 14.0.